The Morgan fingerprint density at radius 1 is 1.26 bits per heavy atom. The lowest BCUT2D eigenvalue weighted by atomic mass is 9.85. The zero-order valence-corrected chi connectivity index (χ0v) is 15.3. The fourth-order valence-corrected chi connectivity index (χ4v) is 4.05. The van der Waals surface area contributed by atoms with Gasteiger partial charge in [-0.25, -0.2) is 0 Å². The van der Waals surface area contributed by atoms with Gasteiger partial charge in [0.15, 0.2) is 0 Å². The van der Waals surface area contributed by atoms with Gasteiger partial charge in [-0.2, -0.15) is 0 Å². The molecular formula is C19H37N3O. The minimum absolute atomic E-state index is 0.245. The lowest BCUT2D eigenvalue weighted by molar-refractivity contribution is -0.122. The fourth-order valence-electron chi connectivity index (χ4n) is 4.05. The van der Waals surface area contributed by atoms with Gasteiger partial charge in [0.2, 0.25) is 5.91 Å². The third-order valence-corrected chi connectivity index (χ3v) is 5.78. The average molecular weight is 324 g/mol. The van der Waals surface area contributed by atoms with E-state index < -0.39 is 0 Å². The van der Waals surface area contributed by atoms with Crippen LogP contribution in [0, 0.1) is 11.8 Å². The van der Waals surface area contributed by atoms with Crippen molar-refractivity contribution in [2.24, 2.45) is 11.8 Å². The minimum Gasteiger partial charge on any atom is -0.356 e. The summed E-state index contributed by atoms with van der Waals surface area (Å²) in [5, 5.41) is 6.57. The molecule has 0 radical (unpaired) electrons. The summed E-state index contributed by atoms with van der Waals surface area (Å²) in [7, 11) is 0. The lowest BCUT2D eigenvalue weighted by Gasteiger charge is -2.33. The highest BCUT2D eigenvalue weighted by Gasteiger charge is 2.22. The van der Waals surface area contributed by atoms with Crippen LogP contribution in [0.4, 0.5) is 0 Å². The molecule has 2 aliphatic rings. The smallest absolute Gasteiger partial charge is 0.220 e. The quantitative estimate of drug-likeness (QED) is 0.675. The van der Waals surface area contributed by atoms with E-state index in [4.69, 9.17) is 0 Å². The van der Waals surface area contributed by atoms with Crippen molar-refractivity contribution >= 4 is 5.91 Å². The van der Waals surface area contributed by atoms with Gasteiger partial charge in [-0.1, -0.05) is 13.3 Å². The highest BCUT2D eigenvalue weighted by Crippen LogP contribution is 2.22. The molecule has 3 atom stereocenters. The molecule has 0 aromatic carbocycles. The zero-order valence-electron chi connectivity index (χ0n) is 15.3. The van der Waals surface area contributed by atoms with E-state index in [1.54, 1.807) is 0 Å². The summed E-state index contributed by atoms with van der Waals surface area (Å²) in [6, 6.07) is 0.753. The molecule has 23 heavy (non-hydrogen) atoms. The lowest BCUT2D eigenvalue weighted by Crippen LogP contribution is -2.38. The van der Waals surface area contributed by atoms with Gasteiger partial charge in [0.25, 0.3) is 0 Å². The van der Waals surface area contributed by atoms with Gasteiger partial charge in [0.05, 0.1) is 0 Å². The van der Waals surface area contributed by atoms with Crippen LogP contribution in [0.1, 0.15) is 65.2 Å². The average Bonchev–Trinajstić information content (AvgIpc) is 2.57. The number of hydrogen-bond acceptors (Lipinski definition) is 3. The van der Waals surface area contributed by atoms with Gasteiger partial charge in [0, 0.05) is 19.0 Å². The van der Waals surface area contributed by atoms with Crippen LogP contribution < -0.4 is 10.6 Å². The Hall–Kier alpha value is -0.610. The van der Waals surface area contributed by atoms with Gasteiger partial charge in [0.1, 0.15) is 0 Å². The molecule has 0 aliphatic carbocycles. The first-order chi connectivity index (χ1) is 11.2. The van der Waals surface area contributed by atoms with Crippen molar-refractivity contribution in [3.8, 4) is 0 Å². The summed E-state index contributed by atoms with van der Waals surface area (Å²) in [5.41, 5.74) is 0. The zero-order chi connectivity index (χ0) is 16.5. The molecule has 0 spiro atoms. The number of rotatable bonds is 8. The predicted molar refractivity (Wildman–Crippen MR) is 96.5 cm³/mol. The van der Waals surface area contributed by atoms with Crippen molar-refractivity contribution in [3.63, 3.8) is 0 Å². The molecule has 4 heteroatoms. The summed E-state index contributed by atoms with van der Waals surface area (Å²) in [6.45, 7) is 10.1. The molecule has 3 unspecified atom stereocenters. The van der Waals surface area contributed by atoms with Crippen LogP contribution in [0.5, 0.6) is 0 Å². The van der Waals surface area contributed by atoms with Crippen molar-refractivity contribution in [1.29, 1.82) is 0 Å². The summed E-state index contributed by atoms with van der Waals surface area (Å²) in [4.78, 5) is 14.7. The van der Waals surface area contributed by atoms with Crippen LogP contribution in [-0.2, 0) is 4.79 Å². The number of amides is 1. The Morgan fingerprint density at radius 3 is 2.87 bits per heavy atom. The number of nitrogens with one attached hydrogen (secondary N) is 2. The van der Waals surface area contributed by atoms with Crippen LogP contribution in [0.25, 0.3) is 0 Å². The standard InChI is InChI=1S/C19H37N3O/c1-16(18-9-7-10-20-15-18)14-19(23)21-11-4-6-13-22-12-5-3-8-17(22)2/h16-18,20H,3-15H2,1-2H3,(H,21,23). The van der Waals surface area contributed by atoms with Gasteiger partial charge in [-0.15, -0.1) is 0 Å². The van der Waals surface area contributed by atoms with E-state index in [9.17, 15) is 4.79 Å². The number of carbonyl (C=O) groups excluding carboxylic acids is 1. The minimum atomic E-state index is 0.245. The Morgan fingerprint density at radius 2 is 2.13 bits per heavy atom. The van der Waals surface area contributed by atoms with Crippen molar-refractivity contribution < 1.29 is 4.79 Å². The highest BCUT2D eigenvalue weighted by atomic mass is 16.1. The fraction of sp³-hybridized carbons (Fsp3) is 0.947. The van der Waals surface area contributed by atoms with E-state index in [1.165, 1.54) is 51.6 Å². The molecule has 2 fully saturated rings. The number of carbonyl (C=O) groups is 1. The van der Waals surface area contributed by atoms with E-state index in [-0.39, 0.29) is 5.91 Å². The van der Waals surface area contributed by atoms with E-state index in [2.05, 4.69) is 29.4 Å². The van der Waals surface area contributed by atoms with Gasteiger partial charge in [-0.3, -0.25) is 4.79 Å². The summed E-state index contributed by atoms with van der Waals surface area (Å²) >= 11 is 0. The second-order valence-corrected chi connectivity index (χ2v) is 7.73. The molecule has 0 aromatic rings. The highest BCUT2D eigenvalue weighted by molar-refractivity contribution is 5.76. The van der Waals surface area contributed by atoms with Crippen molar-refractivity contribution in [2.75, 3.05) is 32.7 Å². The second-order valence-electron chi connectivity index (χ2n) is 7.73. The molecule has 0 bridgehead atoms. The third-order valence-electron chi connectivity index (χ3n) is 5.78. The number of piperidine rings is 2. The number of likely N-dealkylation sites (tertiary alicyclic amines) is 1. The first kappa shape index (κ1) is 18.7. The molecule has 4 nitrogen and oxygen atoms in total. The SMILES string of the molecule is CC(CC(=O)NCCCCN1CCCCC1C)C1CCCNC1. The first-order valence-electron chi connectivity index (χ1n) is 9.88. The van der Waals surface area contributed by atoms with E-state index in [1.807, 2.05) is 0 Å². The number of nitrogens with zero attached hydrogens (tertiary/aromatic N) is 1. The Bertz CT molecular complexity index is 342. The van der Waals surface area contributed by atoms with Crippen LogP contribution >= 0.6 is 0 Å². The molecule has 2 aliphatic heterocycles. The van der Waals surface area contributed by atoms with Gasteiger partial charge in [-0.05, 0) is 83.5 Å². The molecule has 2 saturated heterocycles. The van der Waals surface area contributed by atoms with E-state index in [0.717, 1.165) is 32.1 Å². The molecular weight excluding hydrogens is 286 g/mol. The Balaban J connectivity index is 1.50. The van der Waals surface area contributed by atoms with Crippen molar-refractivity contribution in [2.45, 2.75) is 71.3 Å². The van der Waals surface area contributed by atoms with Crippen LogP contribution in [0.3, 0.4) is 0 Å². The predicted octanol–water partition coefficient (Wildman–Crippen LogP) is 2.78. The Labute approximate surface area is 142 Å². The van der Waals surface area contributed by atoms with E-state index >= 15 is 0 Å². The normalized spacial score (nSPS) is 27.6. The Kier molecular flexibility index (Phi) is 8.38. The molecule has 2 heterocycles. The summed E-state index contributed by atoms with van der Waals surface area (Å²) in [6.07, 6.45) is 9.62. The van der Waals surface area contributed by atoms with Gasteiger partial charge >= 0.3 is 0 Å². The maximum atomic E-state index is 12.1. The summed E-state index contributed by atoms with van der Waals surface area (Å²) < 4.78 is 0. The maximum Gasteiger partial charge on any atom is 0.220 e. The molecule has 2 N–H and O–H groups in total. The maximum absolute atomic E-state index is 12.1. The van der Waals surface area contributed by atoms with Crippen LogP contribution in [0.15, 0.2) is 0 Å². The van der Waals surface area contributed by atoms with Crippen LogP contribution in [-0.4, -0.2) is 49.6 Å². The van der Waals surface area contributed by atoms with Gasteiger partial charge < -0.3 is 15.5 Å². The molecule has 2 rings (SSSR count). The third kappa shape index (κ3) is 6.80. The summed E-state index contributed by atoms with van der Waals surface area (Å²) in [5.74, 6) is 1.42. The number of hydrogen-bond donors (Lipinski definition) is 2. The first-order valence-corrected chi connectivity index (χ1v) is 9.88. The molecule has 134 valence electrons. The van der Waals surface area contributed by atoms with Crippen molar-refractivity contribution in [3.05, 3.63) is 0 Å². The van der Waals surface area contributed by atoms with E-state index in [0.29, 0.717) is 18.3 Å². The topological polar surface area (TPSA) is 44.4 Å². The molecule has 0 aromatic heterocycles. The molecule has 0 saturated carbocycles. The largest absolute Gasteiger partial charge is 0.356 e. The van der Waals surface area contributed by atoms with Crippen LogP contribution in [0.2, 0.25) is 0 Å². The number of unbranched alkanes of at least 4 members (excludes halogenated alkanes) is 1. The van der Waals surface area contributed by atoms with Crippen molar-refractivity contribution in [1.82, 2.24) is 15.5 Å². The monoisotopic (exact) mass is 323 g/mol. The second kappa shape index (κ2) is 10.3. The molecule has 1 amide bonds.